The molecular weight excluding hydrogens is 525 g/mol. The lowest BCUT2D eigenvalue weighted by atomic mass is 9.67. The van der Waals surface area contributed by atoms with E-state index in [9.17, 15) is 0 Å². The Kier molecular flexibility index (Phi) is 5.15. The zero-order chi connectivity index (χ0) is 27.7. The van der Waals surface area contributed by atoms with Gasteiger partial charge in [-0.2, -0.15) is 0 Å². The van der Waals surface area contributed by atoms with Gasteiger partial charge in [-0.3, -0.25) is 0 Å². The molecule has 0 radical (unpaired) electrons. The third-order valence-corrected chi connectivity index (χ3v) is 10.4. The highest BCUT2D eigenvalue weighted by Crippen LogP contribution is 2.57. The molecule has 0 N–H and O–H groups in total. The quantitative estimate of drug-likeness (QED) is 0.211. The molecule has 1 aliphatic carbocycles. The van der Waals surface area contributed by atoms with Crippen molar-refractivity contribution >= 4 is 22.5 Å². The SMILES string of the molecule is c1ccc(C2(c3ccccc3)c3ccccc3-c3ccc(-c4cccc5c4Sc4cccc6cccc-5c46)cc32)cc1. The Balaban J connectivity index is 1.33. The van der Waals surface area contributed by atoms with Gasteiger partial charge in [-0.1, -0.05) is 157 Å². The summed E-state index contributed by atoms with van der Waals surface area (Å²) in [5.41, 5.74) is 12.7. The van der Waals surface area contributed by atoms with Crippen LogP contribution in [0.25, 0.3) is 44.2 Å². The lowest BCUT2D eigenvalue weighted by Gasteiger charge is -2.34. The average Bonchev–Trinajstić information content (AvgIpc) is 3.36. The summed E-state index contributed by atoms with van der Waals surface area (Å²) in [4.78, 5) is 2.67. The van der Waals surface area contributed by atoms with Gasteiger partial charge >= 0.3 is 0 Å². The maximum absolute atomic E-state index is 2.48. The Morgan fingerprint density at radius 1 is 0.405 bits per heavy atom. The van der Waals surface area contributed by atoms with Crippen LogP contribution in [0.1, 0.15) is 22.3 Å². The van der Waals surface area contributed by atoms with Crippen molar-refractivity contribution < 1.29 is 0 Å². The molecule has 0 atom stereocenters. The molecule has 9 rings (SSSR count). The number of rotatable bonds is 3. The van der Waals surface area contributed by atoms with E-state index in [0.29, 0.717) is 0 Å². The van der Waals surface area contributed by atoms with Crippen molar-refractivity contribution in [1.29, 1.82) is 0 Å². The summed E-state index contributed by atoms with van der Waals surface area (Å²) in [6.45, 7) is 0. The molecule has 0 saturated carbocycles. The van der Waals surface area contributed by atoms with Crippen molar-refractivity contribution in [3.8, 4) is 33.4 Å². The first kappa shape index (κ1) is 23.8. The van der Waals surface area contributed by atoms with Crippen molar-refractivity contribution in [2.45, 2.75) is 15.2 Å². The largest absolute Gasteiger partial charge is 0.0881 e. The molecule has 0 aromatic heterocycles. The normalized spacial score (nSPS) is 13.8. The van der Waals surface area contributed by atoms with E-state index in [0.717, 1.165) is 0 Å². The Labute approximate surface area is 250 Å². The smallest absolute Gasteiger partial charge is 0.0713 e. The fraction of sp³-hybridized carbons (Fsp3) is 0.0244. The van der Waals surface area contributed by atoms with Crippen molar-refractivity contribution in [3.63, 3.8) is 0 Å². The summed E-state index contributed by atoms with van der Waals surface area (Å²) >= 11 is 1.91. The second kappa shape index (κ2) is 9.08. The lowest BCUT2D eigenvalue weighted by Crippen LogP contribution is -2.28. The van der Waals surface area contributed by atoms with Gasteiger partial charge in [-0.05, 0) is 73.2 Å². The topological polar surface area (TPSA) is 0 Å². The van der Waals surface area contributed by atoms with Gasteiger partial charge in [0.25, 0.3) is 0 Å². The van der Waals surface area contributed by atoms with Crippen LogP contribution in [-0.4, -0.2) is 0 Å². The molecule has 7 aromatic rings. The summed E-state index contributed by atoms with van der Waals surface area (Å²) in [6.07, 6.45) is 0. The predicted molar refractivity (Wildman–Crippen MR) is 176 cm³/mol. The molecule has 0 bridgehead atoms. The zero-order valence-electron chi connectivity index (χ0n) is 22.9. The van der Waals surface area contributed by atoms with Gasteiger partial charge in [-0.25, -0.2) is 0 Å². The fourth-order valence-electron chi connectivity index (χ4n) is 7.42. The standard InChI is InChI=1S/C41H26S/c1-3-14-29(15-4-1)41(30-16-5-2-6-17-30)36-22-8-7-18-32(36)33-25-24-28(26-37(33)41)31-19-11-21-35-34-20-9-12-27-13-10-23-38(39(27)34)42-40(31)35/h1-26H. The van der Waals surface area contributed by atoms with Crippen LogP contribution in [-0.2, 0) is 5.41 Å². The van der Waals surface area contributed by atoms with Gasteiger partial charge < -0.3 is 0 Å². The molecule has 7 aromatic carbocycles. The minimum Gasteiger partial charge on any atom is -0.0881 e. The number of benzene rings is 7. The summed E-state index contributed by atoms with van der Waals surface area (Å²) in [7, 11) is 0. The molecule has 0 fully saturated rings. The van der Waals surface area contributed by atoms with Crippen LogP contribution in [0.4, 0.5) is 0 Å². The third kappa shape index (κ3) is 3.20. The summed E-state index contributed by atoms with van der Waals surface area (Å²) < 4.78 is 0. The molecule has 1 heteroatoms. The molecule has 0 saturated heterocycles. The minimum absolute atomic E-state index is 0.398. The Bertz CT molecular complexity index is 2110. The van der Waals surface area contributed by atoms with E-state index < -0.39 is 5.41 Å². The second-order valence-electron chi connectivity index (χ2n) is 11.2. The minimum atomic E-state index is -0.398. The van der Waals surface area contributed by atoms with Crippen LogP contribution >= 0.6 is 11.8 Å². The first-order valence-electron chi connectivity index (χ1n) is 14.5. The van der Waals surface area contributed by atoms with E-state index in [1.807, 2.05) is 11.8 Å². The molecule has 0 spiro atoms. The number of fused-ring (bicyclic) bond motifs is 5. The van der Waals surface area contributed by atoms with E-state index >= 15 is 0 Å². The van der Waals surface area contributed by atoms with E-state index in [1.54, 1.807) is 0 Å². The van der Waals surface area contributed by atoms with Crippen molar-refractivity contribution in [1.82, 2.24) is 0 Å². The van der Waals surface area contributed by atoms with Crippen molar-refractivity contribution in [2.75, 3.05) is 0 Å². The predicted octanol–water partition coefficient (Wildman–Crippen LogP) is 11.0. The highest BCUT2D eigenvalue weighted by molar-refractivity contribution is 8.00. The third-order valence-electron chi connectivity index (χ3n) is 9.15. The lowest BCUT2D eigenvalue weighted by molar-refractivity contribution is 0.769. The average molecular weight is 551 g/mol. The number of hydrogen-bond donors (Lipinski definition) is 0. The summed E-state index contributed by atoms with van der Waals surface area (Å²) in [5.74, 6) is 0. The van der Waals surface area contributed by atoms with Gasteiger partial charge in [0, 0.05) is 15.2 Å². The molecule has 42 heavy (non-hydrogen) atoms. The second-order valence-corrected chi connectivity index (χ2v) is 12.3. The Morgan fingerprint density at radius 3 is 1.79 bits per heavy atom. The van der Waals surface area contributed by atoms with Gasteiger partial charge in [0.05, 0.1) is 5.41 Å². The highest BCUT2D eigenvalue weighted by Gasteiger charge is 2.46. The highest BCUT2D eigenvalue weighted by atomic mass is 32.2. The van der Waals surface area contributed by atoms with Crippen molar-refractivity contribution in [2.24, 2.45) is 0 Å². The monoisotopic (exact) mass is 550 g/mol. The van der Waals surface area contributed by atoms with Gasteiger partial charge in [0.1, 0.15) is 0 Å². The molecule has 0 unspecified atom stereocenters. The Morgan fingerprint density at radius 2 is 1.00 bits per heavy atom. The summed E-state index contributed by atoms with van der Waals surface area (Å²) in [6, 6.07) is 58.4. The van der Waals surface area contributed by atoms with Crippen LogP contribution in [0.3, 0.4) is 0 Å². The van der Waals surface area contributed by atoms with Crippen LogP contribution in [0.2, 0.25) is 0 Å². The molecule has 1 aliphatic heterocycles. The molecule has 0 amide bonds. The first-order chi connectivity index (χ1) is 20.8. The van der Waals surface area contributed by atoms with Gasteiger partial charge in [0.2, 0.25) is 0 Å². The first-order valence-corrected chi connectivity index (χ1v) is 15.3. The zero-order valence-corrected chi connectivity index (χ0v) is 23.7. The number of hydrogen-bond acceptors (Lipinski definition) is 1. The molecule has 0 nitrogen and oxygen atoms in total. The van der Waals surface area contributed by atoms with E-state index in [2.05, 4.69) is 158 Å². The Hall–Kier alpha value is -4.85. The van der Waals surface area contributed by atoms with E-state index in [1.165, 1.54) is 76.2 Å². The van der Waals surface area contributed by atoms with Crippen LogP contribution < -0.4 is 0 Å². The van der Waals surface area contributed by atoms with Crippen LogP contribution in [0, 0.1) is 0 Å². The van der Waals surface area contributed by atoms with Gasteiger partial charge in [-0.15, -0.1) is 0 Å². The van der Waals surface area contributed by atoms with Crippen LogP contribution in [0.15, 0.2) is 168 Å². The fourth-order valence-corrected chi connectivity index (χ4v) is 8.70. The van der Waals surface area contributed by atoms with Crippen LogP contribution in [0.5, 0.6) is 0 Å². The summed E-state index contributed by atoms with van der Waals surface area (Å²) in [5, 5.41) is 2.67. The molecular formula is C41H26S. The molecule has 2 aliphatic rings. The van der Waals surface area contributed by atoms with Crippen molar-refractivity contribution in [3.05, 3.63) is 180 Å². The maximum atomic E-state index is 2.48. The molecule has 1 heterocycles. The van der Waals surface area contributed by atoms with Gasteiger partial charge in [0.15, 0.2) is 0 Å². The van der Waals surface area contributed by atoms with E-state index in [-0.39, 0.29) is 0 Å². The molecule has 196 valence electrons. The van der Waals surface area contributed by atoms with E-state index in [4.69, 9.17) is 0 Å². The maximum Gasteiger partial charge on any atom is 0.0713 e.